The van der Waals surface area contributed by atoms with Crippen LogP contribution in [0.5, 0.6) is 5.88 Å². The number of benzene rings is 1. The second-order valence-electron chi connectivity index (χ2n) is 11.9. The molecule has 220 valence electrons. The second-order valence-corrected chi connectivity index (χ2v) is 11.9. The lowest BCUT2D eigenvalue weighted by Gasteiger charge is -2.36. The van der Waals surface area contributed by atoms with Crippen molar-refractivity contribution in [1.29, 1.82) is 0 Å². The van der Waals surface area contributed by atoms with Crippen LogP contribution in [0.25, 0.3) is 0 Å². The van der Waals surface area contributed by atoms with E-state index in [2.05, 4.69) is 25.1 Å². The van der Waals surface area contributed by atoms with Gasteiger partial charge in [0, 0.05) is 54.4 Å². The Morgan fingerprint density at radius 3 is 2.59 bits per heavy atom. The highest BCUT2D eigenvalue weighted by Crippen LogP contribution is 2.38. The molecule has 3 aliphatic rings. The van der Waals surface area contributed by atoms with Gasteiger partial charge in [-0.2, -0.15) is 4.99 Å². The van der Waals surface area contributed by atoms with Gasteiger partial charge in [-0.05, 0) is 90.1 Å². The molecule has 1 saturated heterocycles. The van der Waals surface area contributed by atoms with Gasteiger partial charge >= 0.3 is 0 Å². The van der Waals surface area contributed by atoms with Gasteiger partial charge in [0.1, 0.15) is 18.3 Å². The highest BCUT2D eigenvalue weighted by Gasteiger charge is 2.36. The van der Waals surface area contributed by atoms with Crippen LogP contribution >= 0.6 is 0 Å². The normalized spacial score (nSPS) is 22.2. The van der Waals surface area contributed by atoms with Crippen LogP contribution in [0, 0.1) is 18.7 Å². The van der Waals surface area contributed by atoms with E-state index in [1.54, 1.807) is 19.1 Å². The standard InChI is InChI=1S/C32H42FN5O3/c1-21(2)35-31(39)23-9-11-26(12-10-23)38-28-19-30(41-16-15-37-13-5-4-6-14-37)34-20-25(28)18-29(38)36-32(40)24-8-7-22(3)27(33)17-24/h7-8,17,19-21,23,26H,4-6,9-16,18H2,1-3H3,(H,35,39). The molecule has 2 aromatic rings. The molecule has 9 heteroatoms. The fourth-order valence-electron chi connectivity index (χ4n) is 6.16. The fourth-order valence-corrected chi connectivity index (χ4v) is 6.16. The molecule has 0 bridgehead atoms. The number of aliphatic imine (C=N–C) groups is 1. The molecule has 2 fully saturated rings. The first-order valence-electron chi connectivity index (χ1n) is 15.1. The van der Waals surface area contributed by atoms with Gasteiger partial charge in [-0.3, -0.25) is 14.5 Å². The molecule has 1 aromatic carbocycles. The molecule has 0 atom stereocenters. The number of likely N-dealkylation sites (tertiary alicyclic amines) is 1. The summed E-state index contributed by atoms with van der Waals surface area (Å²) in [5.41, 5.74) is 2.64. The van der Waals surface area contributed by atoms with Crippen LogP contribution in [-0.2, 0) is 11.2 Å². The highest BCUT2D eigenvalue weighted by molar-refractivity contribution is 6.12. The molecule has 1 N–H and O–H groups in total. The van der Waals surface area contributed by atoms with Crippen molar-refractivity contribution in [3.63, 3.8) is 0 Å². The summed E-state index contributed by atoms with van der Waals surface area (Å²) in [5, 5.41) is 3.04. The van der Waals surface area contributed by atoms with Crippen LogP contribution in [0.15, 0.2) is 35.5 Å². The molecule has 1 aliphatic carbocycles. The number of rotatable bonds is 8. The molecular formula is C32H42FN5O3. The number of ether oxygens (including phenoxy) is 1. The van der Waals surface area contributed by atoms with Crippen LogP contribution in [0.4, 0.5) is 10.1 Å². The minimum Gasteiger partial charge on any atom is -0.476 e. The van der Waals surface area contributed by atoms with E-state index in [0.29, 0.717) is 30.3 Å². The number of nitrogens with zero attached hydrogens (tertiary/aromatic N) is 4. The van der Waals surface area contributed by atoms with Gasteiger partial charge < -0.3 is 15.0 Å². The number of anilines is 1. The van der Waals surface area contributed by atoms with Crippen LogP contribution in [0.1, 0.15) is 80.3 Å². The number of pyridine rings is 1. The molecular weight excluding hydrogens is 521 g/mol. The van der Waals surface area contributed by atoms with E-state index in [4.69, 9.17) is 4.74 Å². The maximum atomic E-state index is 14.2. The summed E-state index contributed by atoms with van der Waals surface area (Å²) in [4.78, 5) is 39.5. The number of carbonyl (C=O) groups excluding carboxylic acids is 2. The average molecular weight is 564 g/mol. The molecule has 0 unspecified atom stereocenters. The number of carbonyl (C=O) groups is 2. The van der Waals surface area contributed by atoms with Gasteiger partial charge in [-0.1, -0.05) is 12.5 Å². The number of fused-ring (bicyclic) bond motifs is 1. The lowest BCUT2D eigenvalue weighted by Crippen LogP contribution is -2.44. The van der Waals surface area contributed by atoms with Gasteiger partial charge in [-0.15, -0.1) is 0 Å². The van der Waals surface area contributed by atoms with E-state index in [0.717, 1.165) is 56.6 Å². The third-order valence-corrected chi connectivity index (χ3v) is 8.44. The summed E-state index contributed by atoms with van der Waals surface area (Å²) in [6.07, 6.45) is 9.20. The third-order valence-electron chi connectivity index (χ3n) is 8.44. The Bertz CT molecular complexity index is 1280. The quantitative estimate of drug-likeness (QED) is 0.482. The SMILES string of the molecule is Cc1ccc(C(=O)N=C2Cc3cnc(OCCN4CCCCC4)cc3N2C2CCC(C(=O)NC(C)C)CC2)cc1F. The summed E-state index contributed by atoms with van der Waals surface area (Å²) < 4.78 is 20.3. The second kappa shape index (κ2) is 13.1. The summed E-state index contributed by atoms with van der Waals surface area (Å²) in [5.74, 6) is 0.403. The first-order chi connectivity index (χ1) is 19.8. The van der Waals surface area contributed by atoms with E-state index in [1.165, 1.54) is 25.3 Å². The minimum atomic E-state index is -0.465. The third kappa shape index (κ3) is 7.12. The first-order valence-corrected chi connectivity index (χ1v) is 15.1. The summed E-state index contributed by atoms with van der Waals surface area (Å²) in [6.45, 7) is 9.30. The smallest absolute Gasteiger partial charge is 0.278 e. The van der Waals surface area contributed by atoms with Crippen molar-refractivity contribution in [2.45, 2.75) is 84.2 Å². The van der Waals surface area contributed by atoms with Crippen molar-refractivity contribution in [3.05, 3.63) is 53.0 Å². The largest absolute Gasteiger partial charge is 0.476 e. The Balaban J connectivity index is 1.35. The average Bonchev–Trinajstić information content (AvgIpc) is 3.31. The zero-order chi connectivity index (χ0) is 28.9. The number of hydrogen-bond acceptors (Lipinski definition) is 5. The Kier molecular flexibility index (Phi) is 9.32. The van der Waals surface area contributed by atoms with Crippen molar-refractivity contribution >= 4 is 23.3 Å². The molecule has 2 amide bonds. The Hall–Kier alpha value is -3.33. The fraction of sp³-hybridized carbons (Fsp3) is 0.562. The van der Waals surface area contributed by atoms with Crippen molar-refractivity contribution in [1.82, 2.24) is 15.2 Å². The zero-order valence-corrected chi connectivity index (χ0v) is 24.5. The lowest BCUT2D eigenvalue weighted by molar-refractivity contribution is -0.126. The summed E-state index contributed by atoms with van der Waals surface area (Å²) >= 11 is 0. The summed E-state index contributed by atoms with van der Waals surface area (Å²) in [7, 11) is 0. The van der Waals surface area contributed by atoms with E-state index in [9.17, 15) is 14.0 Å². The van der Waals surface area contributed by atoms with Crippen LogP contribution in [0.2, 0.25) is 0 Å². The number of hydrogen-bond donors (Lipinski definition) is 1. The Morgan fingerprint density at radius 2 is 1.88 bits per heavy atom. The van der Waals surface area contributed by atoms with Gasteiger partial charge in [-0.25, -0.2) is 9.37 Å². The van der Waals surface area contributed by atoms with E-state index >= 15 is 0 Å². The predicted molar refractivity (Wildman–Crippen MR) is 158 cm³/mol. The molecule has 0 radical (unpaired) electrons. The molecule has 5 rings (SSSR count). The van der Waals surface area contributed by atoms with Crippen LogP contribution < -0.4 is 15.0 Å². The van der Waals surface area contributed by atoms with Crippen LogP contribution in [-0.4, -0.2) is 65.9 Å². The van der Waals surface area contributed by atoms with E-state index in [-0.39, 0.29) is 29.5 Å². The maximum Gasteiger partial charge on any atom is 0.278 e. The number of amidine groups is 1. The first kappa shape index (κ1) is 29.2. The Labute approximate surface area is 242 Å². The molecule has 0 spiro atoms. The number of aromatic nitrogens is 1. The van der Waals surface area contributed by atoms with Crippen molar-refractivity contribution in [2.24, 2.45) is 10.9 Å². The molecule has 1 saturated carbocycles. The van der Waals surface area contributed by atoms with Gasteiger partial charge in [0.15, 0.2) is 0 Å². The highest BCUT2D eigenvalue weighted by atomic mass is 19.1. The van der Waals surface area contributed by atoms with E-state index in [1.807, 2.05) is 26.1 Å². The molecule has 41 heavy (non-hydrogen) atoms. The topological polar surface area (TPSA) is 87.1 Å². The molecule has 8 nitrogen and oxygen atoms in total. The van der Waals surface area contributed by atoms with Crippen molar-refractivity contribution in [2.75, 3.05) is 31.1 Å². The van der Waals surface area contributed by atoms with E-state index < -0.39 is 11.7 Å². The molecule has 1 aromatic heterocycles. The number of piperidine rings is 1. The van der Waals surface area contributed by atoms with Gasteiger partial charge in [0.05, 0.1) is 5.69 Å². The van der Waals surface area contributed by atoms with Gasteiger partial charge in [0.2, 0.25) is 11.8 Å². The van der Waals surface area contributed by atoms with Crippen LogP contribution in [0.3, 0.4) is 0 Å². The number of amides is 2. The molecule has 2 aliphatic heterocycles. The predicted octanol–water partition coefficient (Wildman–Crippen LogP) is 5.08. The molecule has 3 heterocycles. The van der Waals surface area contributed by atoms with Gasteiger partial charge in [0.25, 0.3) is 5.91 Å². The van der Waals surface area contributed by atoms with Crippen molar-refractivity contribution < 1.29 is 18.7 Å². The number of halogens is 1. The number of aryl methyl sites for hydroxylation is 1. The van der Waals surface area contributed by atoms with Crippen molar-refractivity contribution in [3.8, 4) is 5.88 Å². The lowest BCUT2D eigenvalue weighted by atomic mass is 9.84. The minimum absolute atomic E-state index is 0.0144. The Morgan fingerprint density at radius 1 is 1.12 bits per heavy atom. The maximum absolute atomic E-state index is 14.2. The number of nitrogens with one attached hydrogen (secondary N) is 1. The summed E-state index contributed by atoms with van der Waals surface area (Å²) in [6, 6.07) is 6.63. The monoisotopic (exact) mass is 563 g/mol. The zero-order valence-electron chi connectivity index (χ0n) is 24.5.